The van der Waals surface area contributed by atoms with Gasteiger partial charge in [0.1, 0.15) is 4.88 Å². The maximum absolute atomic E-state index is 10.8. The lowest BCUT2D eigenvalue weighted by Gasteiger charge is -2.20. The lowest BCUT2D eigenvalue weighted by Crippen LogP contribution is -2.35. The molecule has 0 aliphatic rings. The molecule has 4 heteroatoms. The molecular formula is C10H15NO2S. The second-order valence-electron chi connectivity index (χ2n) is 4.18. The summed E-state index contributed by atoms with van der Waals surface area (Å²) in [5, 5.41) is 13.9. The van der Waals surface area contributed by atoms with E-state index in [0.717, 1.165) is 5.56 Å². The van der Waals surface area contributed by atoms with Crippen molar-refractivity contribution in [3.8, 4) is 0 Å². The summed E-state index contributed by atoms with van der Waals surface area (Å²) in [4.78, 5) is 11.2. The van der Waals surface area contributed by atoms with E-state index in [1.54, 1.807) is 0 Å². The minimum Gasteiger partial charge on any atom is -0.477 e. The highest BCUT2D eigenvalue weighted by atomic mass is 32.1. The second kappa shape index (κ2) is 4.11. The van der Waals surface area contributed by atoms with Gasteiger partial charge in [-0.05, 0) is 37.8 Å². The van der Waals surface area contributed by atoms with Crippen LogP contribution in [0.25, 0.3) is 0 Å². The van der Waals surface area contributed by atoms with Crippen molar-refractivity contribution in [2.45, 2.75) is 32.9 Å². The lowest BCUT2D eigenvalue weighted by molar-refractivity contribution is 0.0700. The van der Waals surface area contributed by atoms with E-state index in [1.165, 1.54) is 11.3 Å². The van der Waals surface area contributed by atoms with Gasteiger partial charge in [-0.2, -0.15) is 0 Å². The highest BCUT2D eigenvalue weighted by Crippen LogP contribution is 2.17. The van der Waals surface area contributed by atoms with E-state index in [4.69, 9.17) is 5.11 Å². The van der Waals surface area contributed by atoms with Crippen LogP contribution >= 0.6 is 11.3 Å². The maximum atomic E-state index is 10.8. The normalized spacial score (nSPS) is 11.6. The molecule has 78 valence electrons. The molecule has 0 aromatic carbocycles. The van der Waals surface area contributed by atoms with E-state index in [2.05, 4.69) is 26.1 Å². The van der Waals surface area contributed by atoms with Gasteiger partial charge < -0.3 is 10.4 Å². The monoisotopic (exact) mass is 213 g/mol. The summed E-state index contributed by atoms with van der Waals surface area (Å²) in [6.45, 7) is 6.77. The summed E-state index contributed by atoms with van der Waals surface area (Å²) in [5.74, 6) is -0.842. The fourth-order valence-electron chi connectivity index (χ4n) is 1.02. The van der Waals surface area contributed by atoms with Gasteiger partial charge in [0.2, 0.25) is 0 Å². The fraction of sp³-hybridized carbons (Fsp3) is 0.500. The number of carbonyl (C=O) groups is 1. The van der Waals surface area contributed by atoms with E-state index >= 15 is 0 Å². The summed E-state index contributed by atoms with van der Waals surface area (Å²) in [6.07, 6.45) is 0. The first-order valence-corrected chi connectivity index (χ1v) is 5.33. The lowest BCUT2D eigenvalue weighted by atomic mass is 10.1. The standard InChI is InChI=1S/C10H15NO2S/c1-10(2,3)11-6-7-4-5-14-8(7)9(12)13/h4-5,11H,6H2,1-3H3,(H,12,13). The zero-order valence-corrected chi connectivity index (χ0v) is 9.44. The Kier molecular flexibility index (Phi) is 3.29. The minimum absolute atomic E-state index is 0.0116. The molecule has 0 atom stereocenters. The molecule has 0 unspecified atom stereocenters. The Bertz CT molecular complexity index is 325. The average molecular weight is 213 g/mol. The van der Waals surface area contributed by atoms with E-state index in [-0.39, 0.29) is 5.54 Å². The number of thiophene rings is 1. The molecule has 0 radical (unpaired) electrons. The van der Waals surface area contributed by atoms with Gasteiger partial charge in [-0.3, -0.25) is 0 Å². The molecule has 0 saturated carbocycles. The first kappa shape index (κ1) is 11.2. The molecule has 14 heavy (non-hydrogen) atoms. The SMILES string of the molecule is CC(C)(C)NCc1ccsc1C(=O)O. The van der Waals surface area contributed by atoms with Gasteiger partial charge in [-0.25, -0.2) is 4.79 Å². The average Bonchev–Trinajstić information content (AvgIpc) is 2.46. The molecule has 1 aromatic heterocycles. The Labute approximate surface area is 87.8 Å². The van der Waals surface area contributed by atoms with Crippen LogP contribution in [-0.2, 0) is 6.54 Å². The molecule has 0 aliphatic carbocycles. The number of rotatable bonds is 3. The van der Waals surface area contributed by atoms with Gasteiger partial charge >= 0.3 is 5.97 Å². The predicted octanol–water partition coefficient (Wildman–Crippen LogP) is 2.33. The van der Waals surface area contributed by atoms with Crippen LogP contribution < -0.4 is 5.32 Å². The molecule has 0 bridgehead atoms. The van der Waals surface area contributed by atoms with Crippen LogP contribution in [0.4, 0.5) is 0 Å². The summed E-state index contributed by atoms with van der Waals surface area (Å²) in [5.41, 5.74) is 0.870. The topological polar surface area (TPSA) is 49.3 Å². The summed E-state index contributed by atoms with van der Waals surface area (Å²) in [6, 6.07) is 1.85. The van der Waals surface area contributed by atoms with Crippen molar-refractivity contribution in [2.24, 2.45) is 0 Å². The molecular weight excluding hydrogens is 198 g/mol. The van der Waals surface area contributed by atoms with Gasteiger partial charge in [-0.15, -0.1) is 11.3 Å². The third-order valence-corrected chi connectivity index (χ3v) is 2.69. The van der Waals surface area contributed by atoms with E-state index in [1.807, 2.05) is 11.4 Å². The van der Waals surface area contributed by atoms with E-state index in [9.17, 15) is 4.79 Å². The second-order valence-corrected chi connectivity index (χ2v) is 5.10. The molecule has 0 spiro atoms. The highest BCUT2D eigenvalue weighted by Gasteiger charge is 2.14. The van der Waals surface area contributed by atoms with E-state index < -0.39 is 5.97 Å². The van der Waals surface area contributed by atoms with Crippen LogP contribution in [-0.4, -0.2) is 16.6 Å². The number of hydrogen-bond acceptors (Lipinski definition) is 3. The number of nitrogens with one attached hydrogen (secondary N) is 1. The Morgan fingerprint density at radius 2 is 2.21 bits per heavy atom. The van der Waals surface area contributed by atoms with E-state index in [0.29, 0.717) is 11.4 Å². The fourth-order valence-corrected chi connectivity index (χ4v) is 1.78. The van der Waals surface area contributed by atoms with Crippen LogP contribution in [0.2, 0.25) is 0 Å². The molecule has 0 saturated heterocycles. The highest BCUT2D eigenvalue weighted by molar-refractivity contribution is 7.12. The Hall–Kier alpha value is -0.870. The van der Waals surface area contributed by atoms with Crippen LogP contribution in [0.1, 0.15) is 36.0 Å². The smallest absolute Gasteiger partial charge is 0.346 e. The quantitative estimate of drug-likeness (QED) is 0.810. The largest absolute Gasteiger partial charge is 0.477 e. The minimum atomic E-state index is -0.842. The zero-order valence-electron chi connectivity index (χ0n) is 8.63. The molecule has 1 aromatic rings. The zero-order chi connectivity index (χ0) is 10.8. The van der Waals surface area contributed by atoms with Crippen molar-refractivity contribution < 1.29 is 9.90 Å². The number of carboxylic acid groups (broad SMARTS) is 1. The molecule has 1 heterocycles. The summed E-state index contributed by atoms with van der Waals surface area (Å²) in [7, 11) is 0. The van der Waals surface area contributed by atoms with Crippen LogP contribution in [0.3, 0.4) is 0 Å². The Balaban J connectivity index is 2.68. The molecule has 0 aliphatic heterocycles. The van der Waals surface area contributed by atoms with Crippen molar-refractivity contribution >= 4 is 17.3 Å². The van der Waals surface area contributed by atoms with Gasteiger partial charge in [0.05, 0.1) is 0 Å². The molecule has 3 nitrogen and oxygen atoms in total. The van der Waals surface area contributed by atoms with Gasteiger partial charge in [-0.1, -0.05) is 0 Å². The number of hydrogen-bond donors (Lipinski definition) is 2. The van der Waals surface area contributed by atoms with Crippen LogP contribution in [0.15, 0.2) is 11.4 Å². The van der Waals surface area contributed by atoms with Crippen LogP contribution in [0, 0.1) is 0 Å². The molecule has 2 N–H and O–H groups in total. The van der Waals surface area contributed by atoms with Crippen molar-refractivity contribution in [1.29, 1.82) is 0 Å². The third kappa shape index (κ3) is 3.12. The van der Waals surface area contributed by atoms with Crippen LogP contribution in [0.5, 0.6) is 0 Å². The first-order valence-electron chi connectivity index (χ1n) is 4.45. The Morgan fingerprint density at radius 3 is 2.71 bits per heavy atom. The van der Waals surface area contributed by atoms with Gasteiger partial charge in [0.25, 0.3) is 0 Å². The third-order valence-electron chi connectivity index (χ3n) is 1.75. The maximum Gasteiger partial charge on any atom is 0.346 e. The van der Waals surface area contributed by atoms with Crippen molar-refractivity contribution in [3.63, 3.8) is 0 Å². The number of carboxylic acids is 1. The molecule has 0 amide bonds. The summed E-state index contributed by atoms with van der Waals surface area (Å²) < 4.78 is 0. The van der Waals surface area contributed by atoms with Crippen molar-refractivity contribution in [1.82, 2.24) is 5.32 Å². The first-order chi connectivity index (χ1) is 6.40. The van der Waals surface area contributed by atoms with Crippen molar-refractivity contribution in [2.75, 3.05) is 0 Å². The Morgan fingerprint density at radius 1 is 1.57 bits per heavy atom. The predicted molar refractivity (Wildman–Crippen MR) is 57.9 cm³/mol. The number of aromatic carboxylic acids is 1. The van der Waals surface area contributed by atoms with Crippen molar-refractivity contribution in [3.05, 3.63) is 21.9 Å². The molecule has 1 rings (SSSR count). The molecule has 0 fully saturated rings. The van der Waals surface area contributed by atoms with Gasteiger partial charge in [0, 0.05) is 12.1 Å². The van der Waals surface area contributed by atoms with Gasteiger partial charge in [0.15, 0.2) is 0 Å². The summed E-state index contributed by atoms with van der Waals surface area (Å²) >= 11 is 1.27.